The molecule has 2 aliphatic rings. The highest BCUT2D eigenvalue weighted by molar-refractivity contribution is 9.10. The topological polar surface area (TPSA) is 36.9 Å². The highest BCUT2D eigenvalue weighted by Gasteiger charge is 2.33. The molecule has 5 heteroatoms. The third-order valence-electron chi connectivity index (χ3n) is 4.13. The van der Waals surface area contributed by atoms with Gasteiger partial charge < -0.3 is 18.9 Å². The van der Waals surface area contributed by atoms with Gasteiger partial charge in [-0.25, -0.2) is 0 Å². The first kappa shape index (κ1) is 15.1. The molecule has 0 spiro atoms. The van der Waals surface area contributed by atoms with Crippen LogP contribution in [0.3, 0.4) is 0 Å². The Balaban J connectivity index is 1.81. The molecule has 4 nitrogen and oxygen atoms in total. The smallest absolute Gasteiger partial charge is 0.231 e. The molecule has 2 aliphatic heterocycles. The molecule has 0 bridgehead atoms. The van der Waals surface area contributed by atoms with E-state index in [1.807, 2.05) is 12.1 Å². The van der Waals surface area contributed by atoms with Crippen molar-refractivity contribution in [2.45, 2.75) is 45.5 Å². The predicted molar refractivity (Wildman–Crippen MR) is 82.5 cm³/mol. The summed E-state index contributed by atoms with van der Waals surface area (Å²) in [5, 5.41) is 0. The number of rotatable bonds is 4. The van der Waals surface area contributed by atoms with Crippen LogP contribution in [0.15, 0.2) is 16.6 Å². The molecule has 1 aromatic rings. The summed E-state index contributed by atoms with van der Waals surface area (Å²) in [4.78, 5) is 0. The van der Waals surface area contributed by atoms with Gasteiger partial charge in [-0.15, -0.1) is 0 Å². The maximum Gasteiger partial charge on any atom is 0.231 e. The van der Waals surface area contributed by atoms with E-state index >= 15 is 0 Å². The lowest BCUT2D eigenvalue weighted by molar-refractivity contribution is -0.243. The van der Waals surface area contributed by atoms with Crippen LogP contribution >= 0.6 is 15.9 Å². The van der Waals surface area contributed by atoms with Crippen molar-refractivity contribution in [1.29, 1.82) is 0 Å². The number of benzene rings is 1. The lowest BCUT2D eigenvalue weighted by atomic mass is 9.95. The quantitative estimate of drug-likeness (QED) is 0.800. The van der Waals surface area contributed by atoms with Crippen LogP contribution in [0.2, 0.25) is 0 Å². The van der Waals surface area contributed by atoms with E-state index in [0.717, 1.165) is 47.4 Å². The van der Waals surface area contributed by atoms with Crippen LogP contribution in [0, 0.1) is 5.92 Å². The third-order valence-corrected chi connectivity index (χ3v) is 4.82. The van der Waals surface area contributed by atoms with E-state index in [9.17, 15) is 0 Å². The number of hydrogen-bond donors (Lipinski definition) is 0. The lowest BCUT2D eigenvalue weighted by Crippen LogP contribution is -2.35. The average molecular weight is 357 g/mol. The van der Waals surface area contributed by atoms with Crippen LogP contribution in [-0.4, -0.2) is 19.5 Å². The van der Waals surface area contributed by atoms with Gasteiger partial charge in [0.25, 0.3) is 0 Å². The van der Waals surface area contributed by atoms with Crippen molar-refractivity contribution in [3.63, 3.8) is 0 Å². The fourth-order valence-electron chi connectivity index (χ4n) is 2.87. The SMILES string of the molecule is CCC[C@H]1O[C@@H](c2cc3c(cc2Br)OCO3)OC[C@@H]1CC. The molecule has 21 heavy (non-hydrogen) atoms. The molecular formula is C16H21BrO4. The van der Waals surface area contributed by atoms with E-state index in [1.165, 1.54) is 0 Å². The molecule has 0 aliphatic carbocycles. The van der Waals surface area contributed by atoms with Crippen molar-refractivity contribution < 1.29 is 18.9 Å². The Morgan fingerprint density at radius 2 is 1.95 bits per heavy atom. The molecule has 3 rings (SSSR count). The Morgan fingerprint density at radius 3 is 2.67 bits per heavy atom. The molecule has 0 aromatic heterocycles. The van der Waals surface area contributed by atoms with Gasteiger partial charge in [0, 0.05) is 16.0 Å². The van der Waals surface area contributed by atoms with Gasteiger partial charge in [0.2, 0.25) is 6.79 Å². The van der Waals surface area contributed by atoms with E-state index in [1.54, 1.807) is 0 Å². The van der Waals surface area contributed by atoms with E-state index in [0.29, 0.717) is 5.92 Å². The minimum Gasteiger partial charge on any atom is -0.454 e. The Bertz CT molecular complexity index is 505. The Labute approximate surface area is 133 Å². The number of hydrogen-bond acceptors (Lipinski definition) is 4. The fraction of sp³-hybridized carbons (Fsp3) is 0.625. The molecule has 3 atom stereocenters. The monoisotopic (exact) mass is 356 g/mol. The third kappa shape index (κ3) is 3.05. The van der Waals surface area contributed by atoms with Crippen LogP contribution in [0.5, 0.6) is 11.5 Å². The summed E-state index contributed by atoms with van der Waals surface area (Å²) < 4.78 is 23.9. The highest BCUT2D eigenvalue weighted by atomic mass is 79.9. The van der Waals surface area contributed by atoms with Gasteiger partial charge in [-0.3, -0.25) is 0 Å². The summed E-state index contributed by atoms with van der Waals surface area (Å²) in [5.41, 5.74) is 0.968. The van der Waals surface area contributed by atoms with Crippen LogP contribution in [0.1, 0.15) is 45.0 Å². The minimum atomic E-state index is -0.340. The van der Waals surface area contributed by atoms with Gasteiger partial charge in [-0.2, -0.15) is 0 Å². The highest BCUT2D eigenvalue weighted by Crippen LogP contribution is 2.42. The van der Waals surface area contributed by atoms with Crippen molar-refractivity contribution in [2.24, 2.45) is 5.92 Å². The molecule has 0 saturated carbocycles. The van der Waals surface area contributed by atoms with Gasteiger partial charge in [0.15, 0.2) is 17.8 Å². The van der Waals surface area contributed by atoms with Crippen LogP contribution in [0.4, 0.5) is 0 Å². The standard InChI is InChI=1S/C16H21BrO4/c1-3-5-13-10(4-2)8-18-16(21-13)11-6-14-15(7-12(11)17)20-9-19-14/h6-7,10,13,16H,3-5,8-9H2,1-2H3/t10-,13+,16-/m0/s1. The van der Waals surface area contributed by atoms with Crippen LogP contribution < -0.4 is 9.47 Å². The van der Waals surface area contributed by atoms with Crippen molar-refractivity contribution in [1.82, 2.24) is 0 Å². The average Bonchev–Trinajstić information content (AvgIpc) is 2.94. The van der Waals surface area contributed by atoms with E-state index in [-0.39, 0.29) is 19.2 Å². The van der Waals surface area contributed by atoms with Gasteiger partial charge >= 0.3 is 0 Å². The van der Waals surface area contributed by atoms with Crippen LogP contribution in [0.25, 0.3) is 0 Å². The lowest BCUT2D eigenvalue weighted by Gasteiger charge is -2.36. The first-order chi connectivity index (χ1) is 10.2. The molecule has 116 valence electrons. The summed E-state index contributed by atoms with van der Waals surface area (Å²) in [5.74, 6) is 2.00. The van der Waals surface area contributed by atoms with Crippen molar-refractivity contribution in [2.75, 3.05) is 13.4 Å². The summed E-state index contributed by atoms with van der Waals surface area (Å²) in [6.45, 7) is 5.40. The second-order valence-electron chi connectivity index (χ2n) is 5.52. The zero-order chi connectivity index (χ0) is 14.8. The fourth-order valence-corrected chi connectivity index (χ4v) is 3.38. The van der Waals surface area contributed by atoms with Crippen LogP contribution in [-0.2, 0) is 9.47 Å². The Morgan fingerprint density at radius 1 is 1.19 bits per heavy atom. The largest absolute Gasteiger partial charge is 0.454 e. The zero-order valence-electron chi connectivity index (χ0n) is 12.4. The second-order valence-corrected chi connectivity index (χ2v) is 6.38. The van der Waals surface area contributed by atoms with Crippen molar-refractivity contribution in [3.05, 3.63) is 22.2 Å². The summed E-state index contributed by atoms with van der Waals surface area (Å²) in [6, 6.07) is 3.87. The van der Waals surface area contributed by atoms with E-state index in [4.69, 9.17) is 18.9 Å². The number of fused-ring (bicyclic) bond motifs is 1. The molecule has 1 fully saturated rings. The van der Waals surface area contributed by atoms with Crippen molar-refractivity contribution >= 4 is 15.9 Å². The second kappa shape index (κ2) is 6.55. The molecular weight excluding hydrogens is 336 g/mol. The maximum absolute atomic E-state index is 6.21. The maximum atomic E-state index is 6.21. The Kier molecular flexibility index (Phi) is 4.72. The van der Waals surface area contributed by atoms with E-state index < -0.39 is 0 Å². The molecule has 0 unspecified atom stereocenters. The minimum absolute atomic E-state index is 0.260. The summed E-state index contributed by atoms with van der Waals surface area (Å²) in [7, 11) is 0. The molecule has 2 heterocycles. The number of ether oxygens (including phenoxy) is 4. The zero-order valence-corrected chi connectivity index (χ0v) is 14.0. The molecule has 0 radical (unpaired) electrons. The first-order valence-electron chi connectivity index (χ1n) is 7.59. The van der Waals surface area contributed by atoms with Crippen molar-refractivity contribution in [3.8, 4) is 11.5 Å². The molecule has 1 saturated heterocycles. The normalized spacial score (nSPS) is 27.9. The number of halogens is 1. The van der Waals surface area contributed by atoms with Gasteiger partial charge in [-0.1, -0.05) is 36.2 Å². The molecule has 1 aromatic carbocycles. The summed E-state index contributed by atoms with van der Waals surface area (Å²) >= 11 is 3.58. The van der Waals surface area contributed by atoms with Gasteiger partial charge in [0.1, 0.15) is 0 Å². The molecule has 0 N–H and O–H groups in total. The first-order valence-corrected chi connectivity index (χ1v) is 8.38. The Hall–Kier alpha value is -0.780. The van der Waals surface area contributed by atoms with Gasteiger partial charge in [-0.05, 0) is 25.0 Å². The van der Waals surface area contributed by atoms with Gasteiger partial charge in [0.05, 0.1) is 12.7 Å². The van der Waals surface area contributed by atoms with E-state index in [2.05, 4.69) is 29.8 Å². The predicted octanol–water partition coefficient (Wildman–Crippen LogP) is 4.42. The molecule has 0 amide bonds. The summed E-state index contributed by atoms with van der Waals surface area (Å²) in [6.07, 6.45) is 3.19.